The third-order valence-corrected chi connectivity index (χ3v) is 2.73. The van der Waals surface area contributed by atoms with E-state index in [1.807, 2.05) is 19.1 Å². The Kier molecular flexibility index (Phi) is 4.34. The van der Waals surface area contributed by atoms with Crippen molar-refractivity contribution in [3.8, 4) is 11.6 Å². The minimum atomic E-state index is 0.522. The smallest absolute Gasteiger partial charge is 0.225 e. The van der Waals surface area contributed by atoms with E-state index >= 15 is 0 Å². The third-order valence-electron chi connectivity index (χ3n) is 2.73. The predicted molar refractivity (Wildman–Crippen MR) is 76.8 cm³/mol. The van der Waals surface area contributed by atoms with Crippen LogP contribution in [0.5, 0.6) is 11.6 Å². The van der Waals surface area contributed by atoms with Crippen LogP contribution < -0.4 is 10.1 Å². The predicted octanol–water partition coefficient (Wildman–Crippen LogP) is 3.82. The van der Waals surface area contributed by atoms with Crippen molar-refractivity contribution >= 4 is 5.95 Å². The van der Waals surface area contributed by atoms with Crippen molar-refractivity contribution in [3.05, 3.63) is 42.1 Å². The fraction of sp³-hybridized carbons (Fsp3) is 0.333. The Balaban J connectivity index is 2.10. The zero-order chi connectivity index (χ0) is 13.7. The molecular formula is C15H19N3O. The second-order valence-electron chi connectivity index (χ2n) is 4.57. The van der Waals surface area contributed by atoms with E-state index in [9.17, 15) is 0 Å². The number of anilines is 1. The molecule has 0 saturated heterocycles. The summed E-state index contributed by atoms with van der Waals surface area (Å²) < 4.78 is 5.71. The molecule has 4 heteroatoms. The largest absolute Gasteiger partial charge is 0.439 e. The SMILES string of the molecule is CCNc1nccc(Oc2ccc(C(C)C)cc2)n1. The third kappa shape index (κ3) is 3.68. The number of hydrogen-bond donors (Lipinski definition) is 1. The quantitative estimate of drug-likeness (QED) is 0.884. The Bertz CT molecular complexity index is 523. The first-order valence-electron chi connectivity index (χ1n) is 6.53. The normalized spacial score (nSPS) is 10.5. The monoisotopic (exact) mass is 257 g/mol. The van der Waals surface area contributed by atoms with E-state index in [0.717, 1.165) is 12.3 Å². The summed E-state index contributed by atoms with van der Waals surface area (Å²) in [5.41, 5.74) is 1.29. The molecule has 2 rings (SSSR count). The van der Waals surface area contributed by atoms with Crippen molar-refractivity contribution in [1.82, 2.24) is 9.97 Å². The van der Waals surface area contributed by atoms with E-state index in [2.05, 4.69) is 41.3 Å². The molecule has 0 aliphatic carbocycles. The minimum Gasteiger partial charge on any atom is -0.439 e. The van der Waals surface area contributed by atoms with Crippen LogP contribution >= 0.6 is 0 Å². The Labute approximate surface area is 113 Å². The molecule has 0 fully saturated rings. The number of rotatable bonds is 5. The Hall–Kier alpha value is -2.10. The van der Waals surface area contributed by atoms with Crippen molar-refractivity contribution in [2.24, 2.45) is 0 Å². The van der Waals surface area contributed by atoms with Gasteiger partial charge >= 0.3 is 0 Å². The van der Waals surface area contributed by atoms with Gasteiger partial charge in [0.25, 0.3) is 0 Å². The standard InChI is InChI=1S/C15H19N3O/c1-4-16-15-17-10-9-14(18-15)19-13-7-5-12(6-8-13)11(2)3/h5-11H,4H2,1-3H3,(H,16,17,18). The molecule has 1 aromatic carbocycles. The molecule has 0 atom stereocenters. The Morgan fingerprint density at radius 3 is 2.53 bits per heavy atom. The lowest BCUT2D eigenvalue weighted by Crippen LogP contribution is -2.02. The molecule has 0 spiro atoms. The number of ether oxygens (including phenoxy) is 1. The lowest BCUT2D eigenvalue weighted by Gasteiger charge is -2.08. The van der Waals surface area contributed by atoms with Crippen molar-refractivity contribution in [2.75, 3.05) is 11.9 Å². The molecule has 0 bridgehead atoms. The van der Waals surface area contributed by atoms with Crippen LogP contribution in [0.4, 0.5) is 5.95 Å². The van der Waals surface area contributed by atoms with Gasteiger partial charge in [-0.3, -0.25) is 0 Å². The van der Waals surface area contributed by atoms with Gasteiger partial charge in [-0.05, 0) is 30.5 Å². The lowest BCUT2D eigenvalue weighted by molar-refractivity contribution is 0.462. The summed E-state index contributed by atoms with van der Waals surface area (Å²) in [5.74, 6) is 2.43. The molecule has 1 N–H and O–H groups in total. The molecule has 0 unspecified atom stereocenters. The van der Waals surface area contributed by atoms with E-state index in [1.54, 1.807) is 12.3 Å². The van der Waals surface area contributed by atoms with Gasteiger partial charge in [0.15, 0.2) is 0 Å². The van der Waals surface area contributed by atoms with Gasteiger partial charge in [0, 0.05) is 18.8 Å². The van der Waals surface area contributed by atoms with Gasteiger partial charge in [-0.15, -0.1) is 0 Å². The van der Waals surface area contributed by atoms with E-state index in [0.29, 0.717) is 17.7 Å². The molecule has 0 radical (unpaired) electrons. The first kappa shape index (κ1) is 13.3. The second-order valence-corrected chi connectivity index (χ2v) is 4.57. The van der Waals surface area contributed by atoms with Crippen LogP contribution in [0, 0.1) is 0 Å². The average Bonchev–Trinajstić information content (AvgIpc) is 2.40. The number of nitrogens with zero attached hydrogens (tertiary/aromatic N) is 2. The average molecular weight is 257 g/mol. The summed E-state index contributed by atoms with van der Waals surface area (Å²) in [6, 6.07) is 9.82. The van der Waals surface area contributed by atoms with Crippen LogP contribution in [0.25, 0.3) is 0 Å². The van der Waals surface area contributed by atoms with E-state index in [-0.39, 0.29) is 0 Å². The van der Waals surface area contributed by atoms with Crippen LogP contribution in [0.2, 0.25) is 0 Å². The molecule has 1 heterocycles. The van der Waals surface area contributed by atoms with Crippen molar-refractivity contribution in [3.63, 3.8) is 0 Å². The Morgan fingerprint density at radius 2 is 1.89 bits per heavy atom. The van der Waals surface area contributed by atoms with Gasteiger partial charge in [0.2, 0.25) is 11.8 Å². The van der Waals surface area contributed by atoms with Crippen LogP contribution in [0.3, 0.4) is 0 Å². The van der Waals surface area contributed by atoms with Gasteiger partial charge in [-0.25, -0.2) is 4.98 Å². The summed E-state index contributed by atoms with van der Waals surface area (Å²) in [7, 11) is 0. The molecule has 100 valence electrons. The van der Waals surface area contributed by atoms with Crippen LogP contribution in [0.1, 0.15) is 32.3 Å². The maximum absolute atomic E-state index is 5.71. The second kappa shape index (κ2) is 6.18. The van der Waals surface area contributed by atoms with E-state index < -0.39 is 0 Å². The first-order valence-corrected chi connectivity index (χ1v) is 6.53. The summed E-state index contributed by atoms with van der Waals surface area (Å²) >= 11 is 0. The number of hydrogen-bond acceptors (Lipinski definition) is 4. The summed E-state index contributed by atoms with van der Waals surface area (Å²) in [6.07, 6.45) is 1.68. The van der Waals surface area contributed by atoms with Crippen molar-refractivity contribution < 1.29 is 4.74 Å². The molecule has 19 heavy (non-hydrogen) atoms. The van der Waals surface area contributed by atoms with Gasteiger partial charge in [-0.2, -0.15) is 4.98 Å². The summed E-state index contributed by atoms with van der Waals surface area (Å²) in [6.45, 7) is 7.13. The maximum atomic E-state index is 5.71. The molecule has 0 amide bonds. The minimum absolute atomic E-state index is 0.522. The highest BCUT2D eigenvalue weighted by Gasteiger charge is 2.03. The molecule has 2 aromatic rings. The molecule has 1 aromatic heterocycles. The van der Waals surface area contributed by atoms with E-state index in [4.69, 9.17) is 4.74 Å². The number of aromatic nitrogens is 2. The summed E-state index contributed by atoms with van der Waals surface area (Å²) in [5, 5.41) is 3.06. The highest BCUT2D eigenvalue weighted by atomic mass is 16.5. The first-order chi connectivity index (χ1) is 9.19. The van der Waals surface area contributed by atoms with Gasteiger partial charge in [0.1, 0.15) is 5.75 Å². The molecule has 0 aliphatic rings. The summed E-state index contributed by atoms with van der Waals surface area (Å²) in [4.78, 5) is 8.38. The van der Waals surface area contributed by atoms with Crippen LogP contribution in [0.15, 0.2) is 36.5 Å². The number of benzene rings is 1. The van der Waals surface area contributed by atoms with Crippen molar-refractivity contribution in [1.29, 1.82) is 0 Å². The highest BCUT2D eigenvalue weighted by molar-refractivity contribution is 5.33. The molecule has 0 aliphatic heterocycles. The molecule has 0 saturated carbocycles. The fourth-order valence-corrected chi connectivity index (χ4v) is 1.68. The highest BCUT2D eigenvalue weighted by Crippen LogP contribution is 2.22. The zero-order valence-electron chi connectivity index (χ0n) is 11.6. The van der Waals surface area contributed by atoms with Gasteiger partial charge < -0.3 is 10.1 Å². The number of nitrogens with one attached hydrogen (secondary N) is 1. The topological polar surface area (TPSA) is 47.0 Å². The van der Waals surface area contributed by atoms with Crippen LogP contribution in [-0.2, 0) is 0 Å². The van der Waals surface area contributed by atoms with Gasteiger partial charge in [-0.1, -0.05) is 26.0 Å². The zero-order valence-corrected chi connectivity index (χ0v) is 11.6. The van der Waals surface area contributed by atoms with E-state index in [1.165, 1.54) is 5.56 Å². The maximum Gasteiger partial charge on any atom is 0.225 e. The molecule has 4 nitrogen and oxygen atoms in total. The van der Waals surface area contributed by atoms with Gasteiger partial charge in [0.05, 0.1) is 0 Å². The Morgan fingerprint density at radius 1 is 1.16 bits per heavy atom. The van der Waals surface area contributed by atoms with Crippen LogP contribution in [-0.4, -0.2) is 16.5 Å². The lowest BCUT2D eigenvalue weighted by atomic mass is 10.0. The fourth-order valence-electron chi connectivity index (χ4n) is 1.68. The molecular weight excluding hydrogens is 238 g/mol. The van der Waals surface area contributed by atoms with Crippen molar-refractivity contribution in [2.45, 2.75) is 26.7 Å².